The molecular formula is C19H25N. The van der Waals surface area contributed by atoms with Crippen LogP contribution in [0.25, 0.3) is 6.08 Å². The van der Waals surface area contributed by atoms with E-state index < -0.39 is 0 Å². The molecule has 20 heavy (non-hydrogen) atoms. The number of rotatable bonds is 2. The highest BCUT2D eigenvalue weighted by molar-refractivity contribution is 5.74. The first-order valence-corrected chi connectivity index (χ1v) is 7.23. The molecule has 1 heteroatoms. The molecule has 0 saturated carbocycles. The van der Waals surface area contributed by atoms with Crippen LogP contribution >= 0.6 is 0 Å². The quantitative estimate of drug-likeness (QED) is 0.684. The lowest BCUT2D eigenvalue weighted by Crippen LogP contribution is -2.11. The maximum atomic E-state index is 3.49. The van der Waals surface area contributed by atoms with Crippen LogP contribution in [0.4, 0.5) is 5.69 Å². The molecule has 1 heterocycles. The van der Waals surface area contributed by atoms with E-state index in [1.54, 1.807) is 0 Å². The highest BCUT2D eigenvalue weighted by Gasteiger charge is 2.15. The first-order valence-electron chi connectivity index (χ1n) is 7.23. The van der Waals surface area contributed by atoms with Gasteiger partial charge in [-0.15, -0.1) is 0 Å². The first-order chi connectivity index (χ1) is 9.25. The van der Waals surface area contributed by atoms with E-state index in [2.05, 4.69) is 94.6 Å². The molecule has 1 aromatic rings. The molecule has 0 aromatic heterocycles. The topological polar surface area (TPSA) is 12.0 Å². The largest absolute Gasteiger partial charge is 0.355 e. The van der Waals surface area contributed by atoms with Crippen LogP contribution < -0.4 is 5.32 Å². The Morgan fingerprint density at radius 2 is 1.60 bits per heavy atom. The summed E-state index contributed by atoms with van der Waals surface area (Å²) in [5.41, 5.74) is 3.83. The van der Waals surface area contributed by atoms with Crippen molar-refractivity contribution < 1.29 is 0 Å². The van der Waals surface area contributed by atoms with Gasteiger partial charge in [-0.3, -0.25) is 0 Å². The van der Waals surface area contributed by atoms with Crippen LogP contribution in [0.15, 0.2) is 54.3 Å². The lowest BCUT2D eigenvalue weighted by atomic mass is 9.86. The predicted octanol–water partition coefficient (Wildman–Crippen LogP) is 5.64. The van der Waals surface area contributed by atoms with Gasteiger partial charge in [-0.05, 0) is 23.1 Å². The zero-order chi connectivity index (χ0) is 14.8. The maximum Gasteiger partial charge on any atom is 0.0457 e. The van der Waals surface area contributed by atoms with Gasteiger partial charge in [-0.1, -0.05) is 77.1 Å². The zero-order valence-corrected chi connectivity index (χ0v) is 13.2. The van der Waals surface area contributed by atoms with Gasteiger partial charge in [0, 0.05) is 16.8 Å². The van der Waals surface area contributed by atoms with Crippen molar-refractivity contribution in [3.05, 3.63) is 59.8 Å². The van der Waals surface area contributed by atoms with Crippen LogP contribution in [0.5, 0.6) is 0 Å². The summed E-state index contributed by atoms with van der Waals surface area (Å²) in [5, 5.41) is 3.49. The lowest BCUT2D eigenvalue weighted by Gasteiger charge is -2.22. The van der Waals surface area contributed by atoms with Gasteiger partial charge in [-0.25, -0.2) is 0 Å². The number of fused-ring (bicyclic) bond motifs is 1. The molecule has 0 amide bonds. The molecule has 0 spiro atoms. The van der Waals surface area contributed by atoms with E-state index in [0.717, 1.165) is 5.70 Å². The van der Waals surface area contributed by atoms with Crippen molar-refractivity contribution in [3.8, 4) is 0 Å². The summed E-state index contributed by atoms with van der Waals surface area (Å²) in [6.07, 6.45) is 11.2. The monoisotopic (exact) mass is 267 g/mol. The molecule has 0 bridgehead atoms. The van der Waals surface area contributed by atoms with Gasteiger partial charge in [0.15, 0.2) is 0 Å². The smallest absolute Gasteiger partial charge is 0.0457 e. The Labute approximate surface area is 123 Å². The molecule has 1 aliphatic heterocycles. The SMILES string of the molecule is CC(C)(C)/C=C/C(C)(C)/C=C1\C=Cc2ccccc2N1. The van der Waals surface area contributed by atoms with Crippen LogP contribution in [-0.4, -0.2) is 0 Å². The Balaban J connectivity index is 2.19. The van der Waals surface area contributed by atoms with Gasteiger partial charge in [0.1, 0.15) is 0 Å². The summed E-state index contributed by atoms with van der Waals surface area (Å²) in [6, 6.07) is 8.37. The fourth-order valence-electron chi connectivity index (χ4n) is 2.13. The molecule has 1 aromatic carbocycles. The average molecular weight is 267 g/mol. The van der Waals surface area contributed by atoms with Crippen LogP contribution in [0, 0.1) is 10.8 Å². The fraction of sp³-hybridized carbons (Fsp3) is 0.368. The molecule has 1 nitrogen and oxygen atoms in total. The van der Waals surface area contributed by atoms with Crippen LogP contribution in [0.1, 0.15) is 40.2 Å². The van der Waals surface area contributed by atoms with Gasteiger partial charge >= 0.3 is 0 Å². The zero-order valence-electron chi connectivity index (χ0n) is 13.2. The van der Waals surface area contributed by atoms with Gasteiger partial charge in [-0.2, -0.15) is 0 Å². The van der Waals surface area contributed by atoms with Gasteiger partial charge < -0.3 is 5.32 Å². The molecule has 0 unspecified atom stereocenters. The Bertz CT molecular complexity index is 566. The normalized spacial score (nSPS) is 17.4. The van der Waals surface area contributed by atoms with Crippen molar-refractivity contribution in [2.24, 2.45) is 10.8 Å². The Morgan fingerprint density at radius 3 is 2.30 bits per heavy atom. The Morgan fingerprint density at radius 1 is 0.900 bits per heavy atom. The van der Waals surface area contributed by atoms with Crippen LogP contribution in [0.3, 0.4) is 0 Å². The third-order valence-electron chi connectivity index (χ3n) is 3.22. The number of anilines is 1. The third kappa shape index (κ3) is 4.12. The van der Waals surface area contributed by atoms with Crippen molar-refractivity contribution in [2.45, 2.75) is 34.6 Å². The second kappa shape index (κ2) is 5.32. The maximum absolute atomic E-state index is 3.49. The van der Waals surface area contributed by atoms with E-state index in [1.807, 2.05) is 0 Å². The summed E-state index contributed by atoms with van der Waals surface area (Å²) >= 11 is 0. The second-order valence-electron chi connectivity index (χ2n) is 7.17. The minimum atomic E-state index is 0.0340. The van der Waals surface area contributed by atoms with Crippen molar-refractivity contribution in [2.75, 3.05) is 5.32 Å². The molecule has 0 fully saturated rings. The van der Waals surface area contributed by atoms with Crippen LogP contribution in [-0.2, 0) is 0 Å². The van der Waals surface area contributed by atoms with Crippen molar-refractivity contribution in [1.82, 2.24) is 0 Å². The Hall–Kier alpha value is -1.76. The molecule has 0 saturated heterocycles. The van der Waals surface area contributed by atoms with Crippen molar-refractivity contribution >= 4 is 11.8 Å². The summed E-state index contributed by atoms with van der Waals surface area (Å²) in [6.45, 7) is 11.1. The van der Waals surface area contributed by atoms with E-state index in [-0.39, 0.29) is 10.8 Å². The molecule has 2 rings (SSSR count). The van der Waals surface area contributed by atoms with Crippen molar-refractivity contribution in [3.63, 3.8) is 0 Å². The standard InChI is InChI=1S/C19H25N/c1-18(2,3)12-13-19(4,5)14-16-11-10-15-8-6-7-9-17(15)20-16/h6-14,20H,1-5H3/b13-12+,16-14+. The number of hydrogen-bond acceptors (Lipinski definition) is 1. The second-order valence-corrected chi connectivity index (χ2v) is 7.17. The van der Waals surface area contributed by atoms with E-state index in [0.29, 0.717) is 0 Å². The summed E-state index contributed by atoms with van der Waals surface area (Å²) in [5.74, 6) is 0. The van der Waals surface area contributed by atoms with E-state index >= 15 is 0 Å². The Kier molecular flexibility index (Phi) is 3.89. The molecule has 106 valence electrons. The van der Waals surface area contributed by atoms with E-state index in [9.17, 15) is 0 Å². The summed E-state index contributed by atoms with van der Waals surface area (Å²) < 4.78 is 0. The van der Waals surface area contributed by atoms with Gasteiger partial charge in [0.2, 0.25) is 0 Å². The minimum Gasteiger partial charge on any atom is -0.355 e. The number of nitrogens with one attached hydrogen (secondary N) is 1. The molecule has 1 aliphatic rings. The molecule has 0 aliphatic carbocycles. The molecule has 1 N–H and O–H groups in total. The number of benzene rings is 1. The van der Waals surface area contributed by atoms with E-state index in [4.69, 9.17) is 0 Å². The van der Waals surface area contributed by atoms with Gasteiger partial charge in [0.05, 0.1) is 0 Å². The summed E-state index contributed by atoms with van der Waals surface area (Å²) in [4.78, 5) is 0. The van der Waals surface area contributed by atoms with E-state index in [1.165, 1.54) is 11.3 Å². The number of para-hydroxylation sites is 1. The van der Waals surface area contributed by atoms with Crippen molar-refractivity contribution in [1.29, 1.82) is 0 Å². The van der Waals surface area contributed by atoms with Crippen LogP contribution in [0.2, 0.25) is 0 Å². The highest BCUT2D eigenvalue weighted by Crippen LogP contribution is 2.29. The number of hydrogen-bond donors (Lipinski definition) is 1. The molecular weight excluding hydrogens is 242 g/mol. The third-order valence-corrected chi connectivity index (χ3v) is 3.22. The molecule has 0 atom stereocenters. The summed E-state index contributed by atoms with van der Waals surface area (Å²) in [7, 11) is 0. The van der Waals surface area contributed by atoms with Gasteiger partial charge in [0.25, 0.3) is 0 Å². The highest BCUT2D eigenvalue weighted by atomic mass is 14.9. The molecule has 0 radical (unpaired) electrons. The number of allylic oxidation sites excluding steroid dienone is 4. The minimum absolute atomic E-state index is 0.0340. The lowest BCUT2D eigenvalue weighted by molar-refractivity contribution is 0.525. The predicted molar refractivity (Wildman–Crippen MR) is 89.6 cm³/mol. The average Bonchev–Trinajstić information content (AvgIpc) is 2.35. The first kappa shape index (κ1) is 14.6. The fourth-order valence-corrected chi connectivity index (χ4v) is 2.13.